The lowest BCUT2D eigenvalue weighted by Gasteiger charge is -2.41. The van der Waals surface area contributed by atoms with Crippen LogP contribution in [0.5, 0.6) is 0 Å². The summed E-state index contributed by atoms with van der Waals surface area (Å²) in [6, 6.07) is 15.8. The Hall–Kier alpha value is -4.74. The fraction of sp³-hybridized carbons (Fsp3) is 0.514. The number of hydrazone groups is 1. The van der Waals surface area contributed by atoms with Crippen LogP contribution in [0.15, 0.2) is 59.7 Å². The maximum absolute atomic E-state index is 14.4. The van der Waals surface area contributed by atoms with Gasteiger partial charge in [-0.1, -0.05) is 42.5 Å². The topological polar surface area (TPSA) is 147 Å². The molecule has 2 aromatic carbocycles. The van der Waals surface area contributed by atoms with Crippen molar-refractivity contribution in [2.24, 2.45) is 10.5 Å². The SMILES string of the molecule is CCOC(=O)c1cccc(CCC[C@@H](NC(=O)C(C)(C)NC(=O)OC(C)(C)C)C(=O)N2CCC3=NN(C)C(=O)[C@]3(Cc3ccccc3)C2)c1. The first kappa shape index (κ1) is 37.1. The van der Waals surface area contributed by atoms with E-state index in [0.717, 1.165) is 16.8 Å². The molecule has 2 atom stereocenters. The van der Waals surface area contributed by atoms with E-state index in [-0.39, 0.29) is 31.4 Å². The van der Waals surface area contributed by atoms with Gasteiger partial charge in [0.25, 0.3) is 5.91 Å². The summed E-state index contributed by atoms with van der Waals surface area (Å²) in [6.45, 7) is 10.7. The van der Waals surface area contributed by atoms with Gasteiger partial charge in [0.05, 0.1) is 17.9 Å². The van der Waals surface area contributed by atoms with Crippen LogP contribution < -0.4 is 10.6 Å². The number of hydrogen-bond donors (Lipinski definition) is 2. The zero-order chi connectivity index (χ0) is 36.0. The summed E-state index contributed by atoms with van der Waals surface area (Å²) >= 11 is 0. The van der Waals surface area contributed by atoms with Gasteiger partial charge in [-0.15, -0.1) is 0 Å². The minimum absolute atomic E-state index is 0.121. The molecule has 0 bridgehead atoms. The second-order valence-corrected chi connectivity index (χ2v) is 14.2. The number of benzene rings is 2. The van der Waals surface area contributed by atoms with Crippen LogP contribution in [-0.4, -0.2) is 89.3 Å². The minimum Gasteiger partial charge on any atom is -0.462 e. The average Bonchev–Trinajstić information content (AvgIpc) is 3.27. The Morgan fingerprint density at radius 3 is 2.37 bits per heavy atom. The lowest BCUT2D eigenvalue weighted by Crippen LogP contribution is -2.62. The van der Waals surface area contributed by atoms with Gasteiger partial charge in [0, 0.05) is 26.6 Å². The minimum atomic E-state index is -1.41. The molecule has 2 N–H and O–H groups in total. The molecule has 4 rings (SSSR count). The molecule has 0 spiro atoms. The second-order valence-electron chi connectivity index (χ2n) is 14.2. The molecule has 12 nitrogen and oxygen atoms in total. The standard InChI is InChI=1S/C37H49N5O7/c1-8-48-31(44)27-18-12-16-25(22-27)17-13-19-28(38-32(45)36(5,6)39-34(47)49-35(2,3)4)30(43)42-21-20-29-37(24-42,33(46)41(7)40-29)23-26-14-10-9-11-15-26/h9-12,14-16,18,22,28H,8,13,17,19-21,23-24H2,1-7H3,(H,38,45)(H,39,47)/t28-,37-/m1/s1. The van der Waals surface area contributed by atoms with Crippen molar-refractivity contribution in [3.05, 3.63) is 71.3 Å². The summed E-state index contributed by atoms with van der Waals surface area (Å²) in [6.07, 6.45) is 1.35. The van der Waals surface area contributed by atoms with Crippen LogP contribution in [0.4, 0.5) is 4.79 Å². The Labute approximate surface area is 288 Å². The van der Waals surface area contributed by atoms with Crippen LogP contribution in [0.3, 0.4) is 0 Å². The van der Waals surface area contributed by atoms with Gasteiger partial charge in [0.15, 0.2) is 0 Å². The van der Waals surface area contributed by atoms with E-state index in [4.69, 9.17) is 9.47 Å². The van der Waals surface area contributed by atoms with E-state index in [0.29, 0.717) is 37.8 Å². The van der Waals surface area contributed by atoms with Crippen LogP contribution in [0.1, 0.15) is 82.3 Å². The van der Waals surface area contributed by atoms with E-state index < -0.39 is 40.6 Å². The van der Waals surface area contributed by atoms with Crippen molar-refractivity contribution in [3.8, 4) is 0 Å². The molecule has 2 aromatic rings. The highest BCUT2D eigenvalue weighted by molar-refractivity contribution is 6.13. The van der Waals surface area contributed by atoms with Crippen molar-refractivity contribution < 1.29 is 33.4 Å². The van der Waals surface area contributed by atoms with Gasteiger partial charge >= 0.3 is 12.1 Å². The van der Waals surface area contributed by atoms with Gasteiger partial charge in [0.2, 0.25) is 11.8 Å². The lowest BCUT2D eigenvalue weighted by molar-refractivity contribution is -0.142. The van der Waals surface area contributed by atoms with Crippen molar-refractivity contribution in [3.63, 3.8) is 0 Å². The fourth-order valence-electron chi connectivity index (χ4n) is 6.23. The quantitative estimate of drug-likeness (QED) is 0.320. The second kappa shape index (κ2) is 15.2. The molecule has 0 unspecified atom stereocenters. The molecular weight excluding hydrogens is 626 g/mol. The maximum atomic E-state index is 14.4. The summed E-state index contributed by atoms with van der Waals surface area (Å²) in [5.74, 6) is -1.46. The third kappa shape index (κ3) is 9.24. The van der Waals surface area contributed by atoms with Crippen molar-refractivity contribution in [1.29, 1.82) is 0 Å². The van der Waals surface area contributed by atoms with Crippen molar-refractivity contribution >= 4 is 35.5 Å². The first-order chi connectivity index (χ1) is 23.0. The van der Waals surface area contributed by atoms with Crippen molar-refractivity contribution in [2.75, 3.05) is 26.7 Å². The molecule has 12 heteroatoms. The Bertz CT molecular complexity index is 1580. The van der Waals surface area contributed by atoms with Gasteiger partial charge in [-0.25, -0.2) is 14.6 Å². The van der Waals surface area contributed by atoms with Gasteiger partial charge in [-0.05, 0) is 90.5 Å². The molecule has 0 aliphatic carbocycles. The number of nitrogens with zero attached hydrogens (tertiary/aromatic N) is 3. The molecule has 0 aromatic heterocycles. The highest BCUT2D eigenvalue weighted by Crippen LogP contribution is 2.38. The third-order valence-electron chi connectivity index (χ3n) is 8.65. The lowest BCUT2D eigenvalue weighted by atomic mass is 9.73. The van der Waals surface area contributed by atoms with Crippen LogP contribution >= 0.6 is 0 Å². The van der Waals surface area contributed by atoms with Crippen molar-refractivity contribution in [2.45, 2.75) is 90.8 Å². The summed E-state index contributed by atoms with van der Waals surface area (Å²) in [7, 11) is 1.63. The number of rotatable bonds is 12. The number of aryl methyl sites for hydroxylation is 1. The highest BCUT2D eigenvalue weighted by Gasteiger charge is 2.54. The number of carbonyl (C=O) groups is 5. The number of hydrogen-bond acceptors (Lipinski definition) is 8. The Balaban J connectivity index is 1.56. The van der Waals surface area contributed by atoms with E-state index in [1.54, 1.807) is 71.7 Å². The first-order valence-electron chi connectivity index (χ1n) is 16.8. The maximum Gasteiger partial charge on any atom is 0.408 e. The molecule has 1 fully saturated rings. The van der Waals surface area contributed by atoms with Crippen LogP contribution in [0.25, 0.3) is 0 Å². The summed E-state index contributed by atoms with van der Waals surface area (Å²) in [5.41, 5.74) is -0.155. The Kier molecular flexibility index (Phi) is 11.5. The van der Waals surface area contributed by atoms with E-state index in [9.17, 15) is 24.0 Å². The number of nitrogens with one attached hydrogen (secondary N) is 2. The summed E-state index contributed by atoms with van der Waals surface area (Å²) < 4.78 is 10.5. The average molecular weight is 676 g/mol. The molecule has 2 aliphatic heterocycles. The van der Waals surface area contributed by atoms with Crippen LogP contribution in [0, 0.1) is 5.41 Å². The predicted octanol–water partition coefficient (Wildman–Crippen LogP) is 4.26. The van der Waals surface area contributed by atoms with Gasteiger partial charge in [-0.3, -0.25) is 14.4 Å². The number of amides is 4. The van der Waals surface area contributed by atoms with Gasteiger partial charge < -0.3 is 25.0 Å². The van der Waals surface area contributed by atoms with Crippen molar-refractivity contribution in [1.82, 2.24) is 20.5 Å². The molecule has 0 saturated carbocycles. The predicted molar refractivity (Wildman–Crippen MR) is 185 cm³/mol. The van der Waals surface area contributed by atoms with E-state index in [1.807, 2.05) is 36.4 Å². The van der Waals surface area contributed by atoms with Crippen LogP contribution in [-0.2, 0) is 36.7 Å². The van der Waals surface area contributed by atoms with E-state index in [2.05, 4.69) is 15.7 Å². The third-order valence-corrected chi connectivity index (χ3v) is 8.65. The normalized spacial score (nSPS) is 18.3. The summed E-state index contributed by atoms with van der Waals surface area (Å²) in [5, 5.41) is 11.4. The van der Waals surface area contributed by atoms with Crippen LogP contribution in [0.2, 0.25) is 0 Å². The number of esters is 1. The monoisotopic (exact) mass is 675 g/mol. The molecule has 0 radical (unpaired) electrons. The largest absolute Gasteiger partial charge is 0.462 e. The van der Waals surface area contributed by atoms with Gasteiger partial charge in [-0.2, -0.15) is 5.10 Å². The number of fused-ring (bicyclic) bond motifs is 1. The molecule has 49 heavy (non-hydrogen) atoms. The number of carbonyl (C=O) groups excluding carboxylic acids is 5. The molecular formula is C37H49N5O7. The Morgan fingerprint density at radius 1 is 1.00 bits per heavy atom. The molecule has 2 aliphatic rings. The number of likely N-dealkylation sites (tertiary alicyclic amines) is 1. The zero-order valence-electron chi connectivity index (χ0n) is 29.6. The highest BCUT2D eigenvalue weighted by atomic mass is 16.6. The Morgan fingerprint density at radius 2 is 1.69 bits per heavy atom. The number of ether oxygens (including phenoxy) is 2. The molecule has 1 saturated heterocycles. The smallest absolute Gasteiger partial charge is 0.408 e. The molecule has 2 heterocycles. The summed E-state index contributed by atoms with van der Waals surface area (Å²) in [4.78, 5) is 68.2. The zero-order valence-corrected chi connectivity index (χ0v) is 29.6. The molecule has 264 valence electrons. The first-order valence-corrected chi connectivity index (χ1v) is 16.8. The number of piperidine rings is 1. The van der Waals surface area contributed by atoms with E-state index in [1.165, 1.54) is 5.01 Å². The molecule has 4 amide bonds. The number of alkyl carbamates (subject to hydrolysis) is 1. The fourth-order valence-corrected chi connectivity index (χ4v) is 6.23. The van der Waals surface area contributed by atoms with Gasteiger partial charge in [0.1, 0.15) is 22.6 Å². The van der Waals surface area contributed by atoms with E-state index >= 15 is 0 Å².